The number of aromatic nitrogens is 1. The standard InChI is InChI=1S/C14H17FN2/c1-17-9-10(4-5-14(16)6-7-14)12-8-11(15)2-3-13(12)17/h2-3,8-9H,4-7,16H2,1H3. The van der Waals surface area contributed by atoms with Crippen LogP contribution in [0.25, 0.3) is 10.9 Å². The van der Waals surface area contributed by atoms with Crippen LogP contribution in [0.1, 0.15) is 24.8 Å². The SMILES string of the molecule is Cn1cc(CCC2(N)CC2)c2cc(F)ccc21. The summed E-state index contributed by atoms with van der Waals surface area (Å²) in [5.74, 6) is -0.168. The lowest BCUT2D eigenvalue weighted by Crippen LogP contribution is -2.21. The average Bonchev–Trinajstić information content (AvgIpc) is 2.94. The van der Waals surface area contributed by atoms with Crippen molar-refractivity contribution in [2.75, 3.05) is 0 Å². The Morgan fingerprint density at radius 2 is 2.18 bits per heavy atom. The summed E-state index contributed by atoms with van der Waals surface area (Å²) >= 11 is 0. The monoisotopic (exact) mass is 232 g/mol. The Hall–Kier alpha value is -1.35. The van der Waals surface area contributed by atoms with Crippen LogP contribution in [0.4, 0.5) is 4.39 Å². The van der Waals surface area contributed by atoms with E-state index in [1.807, 2.05) is 13.1 Å². The third-order valence-corrected chi connectivity index (χ3v) is 3.82. The van der Waals surface area contributed by atoms with Crippen LogP contribution in [0, 0.1) is 5.82 Å². The number of nitrogens with zero attached hydrogens (tertiary/aromatic N) is 1. The van der Waals surface area contributed by atoms with Gasteiger partial charge < -0.3 is 10.3 Å². The summed E-state index contributed by atoms with van der Waals surface area (Å²) in [6.45, 7) is 0. The third kappa shape index (κ3) is 1.95. The zero-order valence-corrected chi connectivity index (χ0v) is 10.0. The molecule has 1 aromatic heterocycles. The molecule has 0 amide bonds. The quantitative estimate of drug-likeness (QED) is 0.866. The lowest BCUT2D eigenvalue weighted by atomic mass is 10.0. The van der Waals surface area contributed by atoms with Crippen molar-refractivity contribution in [2.24, 2.45) is 12.8 Å². The molecule has 0 aliphatic heterocycles. The van der Waals surface area contributed by atoms with Crippen LogP contribution in [0.2, 0.25) is 0 Å². The molecule has 0 spiro atoms. The van der Waals surface area contributed by atoms with Crippen molar-refractivity contribution in [2.45, 2.75) is 31.2 Å². The second kappa shape index (κ2) is 3.57. The van der Waals surface area contributed by atoms with Crippen LogP contribution in [-0.4, -0.2) is 10.1 Å². The molecule has 1 fully saturated rings. The van der Waals surface area contributed by atoms with Gasteiger partial charge in [-0.15, -0.1) is 0 Å². The largest absolute Gasteiger partial charge is 0.350 e. The topological polar surface area (TPSA) is 30.9 Å². The number of halogens is 1. The number of benzene rings is 1. The van der Waals surface area contributed by atoms with Crippen LogP contribution >= 0.6 is 0 Å². The van der Waals surface area contributed by atoms with Crippen molar-refractivity contribution in [3.8, 4) is 0 Å². The van der Waals surface area contributed by atoms with Gasteiger partial charge in [0.2, 0.25) is 0 Å². The summed E-state index contributed by atoms with van der Waals surface area (Å²) in [6.07, 6.45) is 6.30. The first-order valence-electron chi connectivity index (χ1n) is 6.10. The molecule has 17 heavy (non-hydrogen) atoms. The fraction of sp³-hybridized carbons (Fsp3) is 0.429. The molecule has 90 valence electrons. The first-order valence-corrected chi connectivity index (χ1v) is 6.10. The first-order chi connectivity index (χ1) is 8.07. The van der Waals surface area contributed by atoms with Gasteiger partial charge in [0.25, 0.3) is 0 Å². The molecule has 0 atom stereocenters. The van der Waals surface area contributed by atoms with Crippen molar-refractivity contribution in [1.82, 2.24) is 4.57 Å². The minimum atomic E-state index is -0.168. The Balaban J connectivity index is 1.95. The molecule has 0 unspecified atom stereocenters. The molecule has 1 aliphatic carbocycles. The predicted octanol–water partition coefficient (Wildman–Crippen LogP) is 2.74. The van der Waals surface area contributed by atoms with Gasteiger partial charge in [0, 0.05) is 29.7 Å². The van der Waals surface area contributed by atoms with Gasteiger partial charge in [0.05, 0.1) is 0 Å². The Kier molecular flexibility index (Phi) is 2.26. The summed E-state index contributed by atoms with van der Waals surface area (Å²) in [4.78, 5) is 0. The molecule has 2 aromatic rings. The molecular formula is C14H17FN2. The Morgan fingerprint density at radius 3 is 2.88 bits per heavy atom. The maximum atomic E-state index is 13.3. The summed E-state index contributed by atoms with van der Waals surface area (Å²) in [5, 5.41) is 1.02. The van der Waals surface area contributed by atoms with Crippen molar-refractivity contribution in [3.05, 3.63) is 35.8 Å². The van der Waals surface area contributed by atoms with E-state index >= 15 is 0 Å². The highest BCUT2D eigenvalue weighted by Gasteiger charge is 2.37. The minimum absolute atomic E-state index is 0.0650. The average molecular weight is 232 g/mol. The van der Waals surface area contributed by atoms with E-state index in [1.165, 1.54) is 11.6 Å². The van der Waals surface area contributed by atoms with E-state index in [0.29, 0.717) is 0 Å². The zero-order valence-electron chi connectivity index (χ0n) is 10.0. The van der Waals surface area contributed by atoms with Crippen LogP contribution in [-0.2, 0) is 13.5 Å². The van der Waals surface area contributed by atoms with E-state index in [2.05, 4.69) is 10.8 Å². The molecule has 0 bridgehead atoms. The van der Waals surface area contributed by atoms with Crippen LogP contribution < -0.4 is 5.73 Å². The van der Waals surface area contributed by atoms with Gasteiger partial charge in [-0.2, -0.15) is 0 Å². The van der Waals surface area contributed by atoms with E-state index < -0.39 is 0 Å². The number of hydrogen-bond donors (Lipinski definition) is 1. The van der Waals surface area contributed by atoms with Crippen molar-refractivity contribution >= 4 is 10.9 Å². The summed E-state index contributed by atoms with van der Waals surface area (Å²) in [5.41, 5.74) is 8.45. The minimum Gasteiger partial charge on any atom is -0.350 e. The van der Waals surface area contributed by atoms with Crippen LogP contribution in [0.3, 0.4) is 0 Å². The molecule has 2 nitrogen and oxygen atoms in total. The van der Waals surface area contributed by atoms with Crippen LogP contribution in [0.5, 0.6) is 0 Å². The summed E-state index contributed by atoms with van der Waals surface area (Å²) < 4.78 is 15.3. The lowest BCUT2D eigenvalue weighted by molar-refractivity contribution is 0.609. The normalized spacial score (nSPS) is 17.6. The number of rotatable bonds is 3. The lowest BCUT2D eigenvalue weighted by Gasteiger charge is -2.06. The number of hydrogen-bond acceptors (Lipinski definition) is 1. The molecule has 1 heterocycles. The fourth-order valence-corrected chi connectivity index (χ4v) is 2.44. The van der Waals surface area contributed by atoms with E-state index in [9.17, 15) is 4.39 Å². The molecule has 0 saturated heterocycles. The first kappa shape index (κ1) is 10.8. The van der Waals surface area contributed by atoms with E-state index in [4.69, 9.17) is 5.73 Å². The molecule has 3 rings (SSSR count). The summed E-state index contributed by atoms with van der Waals surface area (Å²) in [7, 11) is 2.00. The van der Waals surface area contributed by atoms with Gasteiger partial charge in [0.15, 0.2) is 0 Å². The van der Waals surface area contributed by atoms with Crippen LogP contribution in [0.15, 0.2) is 24.4 Å². The molecule has 1 saturated carbocycles. The van der Waals surface area contributed by atoms with E-state index in [0.717, 1.165) is 36.6 Å². The van der Waals surface area contributed by atoms with Gasteiger partial charge >= 0.3 is 0 Å². The zero-order chi connectivity index (χ0) is 12.0. The number of fused-ring (bicyclic) bond motifs is 1. The van der Waals surface area contributed by atoms with Gasteiger partial charge in [-0.05, 0) is 49.4 Å². The van der Waals surface area contributed by atoms with Gasteiger partial charge in [0.1, 0.15) is 5.82 Å². The van der Waals surface area contributed by atoms with Crippen molar-refractivity contribution in [1.29, 1.82) is 0 Å². The number of nitrogens with two attached hydrogens (primary N) is 1. The molecule has 1 aliphatic rings. The highest BCUT2D eigenvalue weighted by atomic mass is 19.1. The molecule has 0 radical (unpaired) electrons. The maximum absolute atomic E-state index is 13.3. The maximum Gasteiger partial charge on any atom is 0.123 e. The van der Waals surface area contributed by atoms with E-state index in [1.54, 1.807) is 6.07 Å². The molecule has 2 N–H and O–H groups in total. The number of aryl methyl sites for hydroxylation is 2. The third-order valence-electron chi connectivity index (χ3n) is 3.82. The highest BCUT2D eigenvalue weighted by Crippen LogP contribution is 2.37. The van der Waals surface area contributed by atoms with Gasteiger partial charge in [-0.1, -0.05) is 0 Å². The highest BCUT2D eigenvalue weighted by molar-refractivity contribution is 5.84. The Labute approximate surface area is 100 Å². The molecule has 1 aromatic carbocycles. The predicted molar refractivity (Wildman–Crippen MR) is 67.4 cm³/mol. The fourth-order valence-electron chi connectivity index (χ4n) is 2.44. The van der Waals surface area contributed by atoms with E-state index in [-0.39, 0.29) is 11.4 Å². The second-order valence-corrected chi connectivity index (χ2v) is 5.29. The smallest absolute Gasteiger partial charge is 0.123 e. The van der Waals surface area contributed by atoms with Crippen molar-refractivity contribution in [3.63, 3.8) is 0 Å². The molecular weight excluding hydrogens is 215 g/mol. The summed E-state index contributed by atoms with van der Waals surface area (Å²) in [6, 6.07) is 4.97. The Bertz CT molecular complexity index is 567. The Morgan fingerprint density at radius 1 is 1.41 bits per heavy atom. The van der Waals surface area contributed by atoms with Gasteiger partial charge in [-0.25, -0.2) is 4.39 Å². The van der Waals surface area contributed by atoms with Gasteiger partial charge in [-0.3, -0.25) is 0 Å². The van der Waals surface area contributed by atoms with Crippen molar-refractivity contribution < 1.29 is 4.39 Å². The second-order valence-electron chi connectivity index (χ2n) is 5.29. The molecule has 3 heteroatoms.